The molecule has 0 aliphatic rings. The first-order valence-electron chi connectivity index (χ1n) is 11.0. The maximum Gasteiger partial charge on any atom is 0.340 e. The van der Waals surface area contributed by atoms with Gasteiger partial charge >= 0.3 is 11.9 Å². The third kappa shape index (κ3) is 5.31. The number of carbonyl (C=O) groups is 2. The molecule has 0 amide bonds. The molecule has 0 N–H and O–H groups in total. The van der Waals surface area contributed by atoms with E-state index in [0.29, 0.717) is 47.1 Å². The van der Waals surface area contributed by atoms with Crippen LogP contribution in [0.1, 0.15) is 68.7 Å². The number of rotatable bonds is 8. The highest BCUT2D eigenvalue weighted by Crippen LogP contribution is 2.17. The number of ether oxygens (including phenoxy) is 2. The molecular formula is C25H29N5O4. The molecule has 0 atom stereocenters. The van der Waals surface area contributed by atoms with E-state index in [4.69, 9.17) is 9.47 Å². The predicted octanol–water partition coefficient (Wildman–Crippen LogP) is 4.04. The van der Waals surface area contributed by atoms with Crippen molar-refractivity contribution in [2.45, 2.75) is 41.5 Å². The first-order chi connectivity index (χ1) is 16.3. The van der Waals surface area contributed by atoms with E-state index in [1.807, 2.05) is 45.9 Å². The number of hydrogen-bond donors (Lipinski definition) is 0. The maximum atomic E-state index is 12.1. The summed E-state index contributed by atoms with van der Waals surface area (Å²) in [5, 5.41) is 8.97. The minimum atomic E-state index is -0.366. The van der Waals surface area contributed by atoms with E-state index in [1.54, 1.807) is 47.8 Å². The Bertz CT molecular complexity index is 1170. The van der Waals surface area contributed by atoms with Crippen molar-refractivity contribution in [3.8, 4) is 0 Å². The smallest absolute Gasteiger partial charge is 0.340 e. The second kappa shape index (κ2) is 10.7. The van der Waals surface area contributed by atoms with Crippen molar-refractivity contribution in [2.75, 3.05) is 13.2 Å². The largest absolute Gasteiger partial charge is 0.462 e. The van der Waals surface area contributed by atoms with Gasteiger partial charge in [0.15, 0.2) is 0 Å². The Morgan fingerprint density at radius 2 is 1.24 bits per heavy atom. The van der Waals surface area contributed by atoms with Crippen LogP contribution in [0.15, 0.2) is 40.5 Å². The Labute approximate surface area is 198 Å². The normalized spacial score (nSPS) is 11.5. The highest BCUT2D eigenvalue weighted by Gasteiger charge is 2.17. The summed E-state index contributed by atoms with van der Waals surface area (Å²) in [6.07, 6.45) is 3.24. The van der Waals surface area contributed by atoms with Gasteiger partial charge in [0.25, 0.3) is 0 Å². The third-order valence-corrected chi connectivity index (χ3v) is 5.18. The minimum absolute atomic E-state index is 0.316. The fourth-order valence-corrected chi connectivity index (χ4v) is 3.54. The maximum absolute atomic E-state index is 12.1. The quantitative estimate of drug-likeness (QED) is 0.371. The molecule has 0 aliphatic heterocycles. The summed E-state index contributed by atoms with van der Waals surface area (Å²) >= 11 is 0. The first-order valence-corrected chi connectivity index (χ1v) is 11.0. The van der Waals surface area contributed by atoms with Crippen molar-refractivity contribution in [3.63, 3.8) is 0 Å². The van der Waals surface area contributed by atoms with Gasteiger partial charge < -0.3 is 9.47 Å². The molecule has 9 heteroatoms. The Morgan fingerprint density at radius 1 is 0.824 bits per heavy atom. The molecule has 3 aromatic rings. The minimum Gasteiger partial charge on any atom is -0.462 e. The molecule has 0 fully saturated rings. The zero-order chi connectivity index (χ0) is 24.8. The van der Waals surface area contributed by atoms with Gasteiger partial charge in [0.05, 0.1) is 59.5 Å². The van der Waals surface area contributed by atoms with Gasteiger partial charge in [-0.3, -0.25) is 0 Å². The molecule has 0 saturated heterocycles. The van der Waals surface area contributed by atoms with Gasteiger partial charge in [0, 0.05) is 11.4 Å². The average molecular weight is 464 g/mol. The van der Waals surface area contributed by atoms with Crippen molar-refractivity contribution in [3.05, 3.63) is 75.6 Å². The lowest BCUT2D eigenvalue weighted by molar-refractivity contribution is 0.0515. The topological polar surface area (TPSA) is 100 Å². The number of carbonyl (C=O) groups excluding carboxylic acids is 2. The summed E-state index contributed by atoms with van der Waals surface area (Å²) in [6, 6.07) is 9.02. The number of hydrogen-bond acceptors (Lipinski definition) is 7. The molecular weight excluding hydrogens is 434 g/mol. The lowest BCUT2D eigenvalue weighted by Gasteiger charge is -2.04. The summed E-state index contributed by atoms with van der Waals surface area (Å²) in [7, 11) is 0. The van der Waals surface area contributed by atoms with Crippen LogP contribution in [0.3, 0.4) is 0 Å². The van der Waals surface area contributed by atoms with E-state index in [1.165, 1.54) is 0 Å². The molecule has 3 aromatic heterocycles. The van der Waals surface area contributed by atoms with Crippen molar-refractivity contribution >= 4 is 24.4 Å². The van der Waals surface area contributed by atoms with E-state index in [-0.39, 0.29) is 11.9 Å². The van der Waals surface area contributed by atoms with Gasteiger partial charge in [-0.05, 0) is 65.8 Å². The molecule has 0 spiro atoms. The van der Waals surface area contributed by atoms with Crippen molar-refractivity contribution in [2.24, 2.45) is 10.2 Å². The lowest BCUT2D eigenvalue weighted by Crippen LogP contribution is -2.06. The van der Waals surface area contributed by atoms with Crippen LogP contribution in [0.4, 0.5) is 0 Å². The molecule has 0 bridgehead atoms. The standard InChI is InChI=1S/C25H29N5O4/c1-7-33-24(31)22-12-16(3)29(18(22)5)26-14-20-10-9-11-21(28-20)15-27-30-17(4)13-23(19(30)6)25(32)34-8-2/h9-15H,7-8H2,1-6H3/b26-14+,27-15+. The second-order valence-electron chi connectivity index (χ2n) is 7.61. The average Bonchev–Trinajstić information content (AvgIpc) is 3.25. The van der Waals surface area contributed by atoms with Gasteiger partial charge in [-0.25, -0.2) is 23.9 Å². The van der Waals surface area contributed by atoms with Gasteiger partial charge in [-0.1, -0.05) is 6.07 Å². The molecule has 0 saturated carbocycles. The highest BCUT2D eigenvalue weighted by atomic mass is 16.5. The Balaban J connectivity index is 1.82. The summed E-state index contributed by atoms with van der Waals surface area (Å²) in [5.41, 5.74) is 5.25. The van der Waals surface area contributed by atoms with Crippen LogP contribution in [0, 0.1) is 27.7 Å². The molecule has 3 rings (SSSR count). The molecule has 0 aromatic carbocycles. The summed E-state index contributed by atoms with van der Waals surface area (Å²) in [6.45, 7) is 11.6. The van der Waals surface area contributed by atoms with Crippen LogP contribution in [0.25, 0.3) is 0 Å². The summed E-state index contributed by atoms with van der Waals surface area (Å²) < 4.78 is 13.6. The number of nitrogens with zero attached hydrogens (tertiary/aromatic N) is 5. The van der Waals surface area contributed by atoms with Gasteiger partial charge in [0.2, 0.25) is 0 Å². The van der Waals surface area contributed by atoms with Crippen LogP contribution < -0.4 is 0 Å². The summed E-state index contributed by atoms with van der Waals surface area (Å²) in [4.78, 5) is 28.8. The van der Waals surface area contributed by atoms with E-state index in [0.717, 1.165) is 11.4 Å². The highest BCUT2D eigenvalue weighted by molar-refractivity contribution is 5.92. The van der Waals surface area contributed by atoms with E-state index in [9.17, 15) is 9.59 Å². The van der Waals surface area contributed by atoms with Crippen LogP contribution in [0.2, 0.25) is 0 Å². The van der Waals surface area contributed by atoms with Gasteiger partial charge in [0.1, 0.15) is 0 Å². The van der Waals surface area contributed by atoms with Crippen molar-refractivity contribution < 1.29 is 19.1 Å². The van der Waals surface area contributed by atoms with E-state index >= 15 is 0 Å². The number of aromatic nitrogens is 3. The fourth-order valence-electron chi connectivity index (χ4n) is 3.54. The molecule has 3 heterocycles. The van der Waals surface area contributed by atoms with Crippen LogP contribution >= 0.6 is 0 Å². The van der Waals surface area contributed by atoms with Gasteiger partial charge in [-0.2, -0.15) is 10.2 Å². The Hall–Kier alpha value is -4.01. The zero-order valence-electron chi connectivity index (χ0n) is 20.3. The predicted molar refractivity (Wildman–Crippen MR) is 130 cm³/mol. The first kappa shape index (κ1) is 24.6. The number of aryl methyl sites for hydroxylation is 2. The third-order valence-electron chi connectivity index (χ3n) is 5.18. The fraction of sp³-hybridized carbons (Fsp3) is 0.320. The Kier molecular flexibility index (Phi) is 7.78. The summed E-state index contributed by atoms with van der Waals surface area (Å²) in [5.74, 6) is -0.731. The molecule has 0 radical (unpaired) electrons. The lowest BCUT2D eigenvalue weighted by atomic mass is 10.2. The van der Waals surface area contributed by atoms with Crippen molar-refractivity contribution in [1.29, 1.82) is 0 Å². The zero-order valence-corrected chi connectivity index (χ0v) is 20.3. The molecule has 178 valence electrons. The SMILES string of the molecule is CCOC(=O)c1cc(C)n(/N=C/c2cccc(/C=N/n3c(C)cc(C(=O)OCC)c3C)n2)c1C. The van der Waals surface area contributed by atoms with E-state index in [2.05, 4.69) is 15.2 Å². The molecule has 9 nitrogen and oxygen atoms in total. The molecule has 34 heavy (non-hydrogen) atoms. The molecule has 0 aliphatic carbocycles. The van der Waals surface area contributed by atoms with E-state index < -0.39 is 0 Å². The molecule has 0 unspecified atom stereocenters. The van der Waals surface area contributed by atoms with Crippen LogP contribution in [0.5, 0.6) is 0 Å². The van der Waals surface area contributed by atoms with Crippen LogP contribution in [-0.4, -0.2) is 51.9 Å². The second-order valence-corrected chi connectivity index (χ2v) is 7.61. The monoisotopic (exact) mass is 463 g/mol. The number of pyridine rings is 1. The van der Waals surface area contributed by atoms with Crippen LogP contribution in [-0.2, 0) is 9.47 Å². The van der Waals surface area contributed by atoms with Crippen molar-refractivity contribution in [1.82, 2.24) is 14.3 Å². The van der Waals surface area contributed by atoms with Gasteiger partial charge in [-0.15, -0.1) is 0 Å². The Morgan fingerprint density at radius 3 is 1.62 bits per heavy atom. The number of esters is 2.